The molecule has 0 spiro atoms. The highest BCUT2D eigenvalue weighted by Gasteiger charge is 2.64. The zero-order valence-corrected chi connectivity index (χ0v) is 11.2. The van der Waals surface area contributed by atoms with E-state index >= 15 is 0 Å². The second-order valence-corrected chi connectivity index (χ2v) is 6.82. The Labute approximate surface area is 101 Å². The van der Waals surface area contributed by atoms with Crippen molar-refractivity contribution in [2.45, 2.75) is 57.5 Å². The van der Waals surface area contributed by atoms with Crippen LogP contribution in [-0.4, -0.2) is 26.0 Å². The highest BCUT2D eigenvalue weighted by atomic mass is 31.2. The van der Waals surface area contributed by atoms with Gasteiger partial charge in [0.05, 0.1) is 10.6 Å². The average molecular weight is 264 g/mol. The van der Waals surface area contributed by atoms with E-state index in [0.29, 0.717) is 12.8 Å². The van der Waals surface area contributed by atoms with Crippen molar-refractivity contribution >= 4 is 13.6 Å². The summed E-state index contributed by atoms with van der Waals surface area (Å²) in [5.74, 6) is -1.05. The van der Waals surface area contributed by atoms with Crippen molar-refractivity contribution in [2.24, 2.45) is 5.41 Å². The number of rotatable bonds is 5. The predicted molar refractivity (Wildman–Crippen MR) is 63.9 cm³/mol. The Morgan fingerprint density at radius 3 is 1.88 bits per heavy atom. The molecule has 17 heavy (non-hydrogen) atoms. The molecular formula is C11H21O5P. The standard InChI is InChI=1S/C11H21O5P/c1-3-11(4-2,17(14,15)16)10(9(12)13)7-5-6-8-10/h3-8H2,1-2H3,(H,12,13)(H2,14,15,16). The quantitative estimate of drug-likeness (QED) is 0.662. The molecule has 1 fully saturated rings. The number of carboxylic acid groups (broad SMARTS) is 1. The molecule has 100 valence electrons. The Hall–Kier alpha value is -0.380. The van der Waals surface area contributed by atoms with E-state index in [9.17, 15) is 24.3 Å². The minimum atomic E-state index is -4.46. The van der Waals surface area contributed by atoms with E-state index in [1.54, 1.807) is 13.8 Å². The number of carbonyl (C=O) groups is 1. The summed E-state index contributed by atoms with van der Waals surface area (Å²) >= 11 is 0. The SMILES string of the molecule is CCC(CC)(C1(C(=O)O)CCCC1)P(=O)(O)O. The van der Waals surface area contributed by atoms with Crippen LogP contribution in [0.3, 0.4) is 0 Å². The van der Waals surface area contributed by atoms with Crippen molar-refractivity contribution in [1.82, 2.24) is 0 Å². The largest absolute Gasteiger partial charge is 0.481 e. The summed E-state index contributed by atoms with van der Waals surface area (Å²) in [4.78, 5) is 30.9. The smallest absolute Gasteiger partial charge is 0.332 e. The van der Waals surface area contributed by atoms with Crippen molar-refractivity contribution in [1.29, 1.82) is 0 Å². The van der Waals surface area contributed by atoms with Gasteiger partial charge in [-0.05, 0) is 25.7 Å². The molecule has 0 aromatic rings. The molecule has 1 rings (SSSR count). The maximum Gasteiger partial charge on any atom is 0.332 e. The summed E-state index contributed by atoms with van der Waals surface area (Å²) < 4.78 is 11.8. The molecule has 0 saturated heterocycles. The van der Waals surface area contributed by atoms with E-state index in [2.05, 4.69) is 0 Å². The second kappa shape index (κ2) is 4.71. The number of aliphatic carboxylic acids is 1. The van der Waals surface area contributed by atoms with Crippen molar-refractivity contribution in [3.8, 4) is 0 Å². The highest BCUT2D eigenvalue weighted by Crippen LogP contribution is 2.67. The number of hydrogen-bond acceptors (Lipinski definition) is 2. The van der Waals surface area contributed by atoms with E-state index in [1.165, 1.54) is 0 Å². The van der Waals surface area contributed by atoms with E-state index < -0.39 is 24.1 Å². The van der Waals surface area contributed by atoms with Crippen molar-refractivity contribution in [3.05, 3.63) is 0 Å². The van der Waals surface area contributed by atoms with Gasteiger partial charge in [-0.3, -0.25) is 9.36 Å². The van der Waals surface area contributed by atoms with Crippen LogP contribution in [0.1, 0.15) is 52.4 Å². The topological polar surface area (TPSA) is 94.8 Å². The lowest BCUT2D eigenvalue weighted by atomic mass is 9.70. The fraction of sp³-hybridized carbons (Fsp3) is 0.909. The number of carboxylic acids is 1. The first-order valence-corrected chi connectivity index (χ1v) is 7.67. The molecule has 1 saturated carbocycles. The van der Waals surface area contributed by atoms with E-state index in [1.807, 2.05) is 0 Å². The molecule has 0 aromatic heterocycles. The van der Waals surface area contributed by atoms with Crippen LogP contribution in [0.2, 0.25) is 0 Å². The first-order chi connectivity index (χ1) is 7.77. The second-order valence-electron chi connectivity index (χ2n) is 4.88. The molecule has 5 nitrogen and oxygen atoms in total. The van der Waals surface area contributed by atoms with Crippen molar-refractivity contribution in [3.63, 3.8) is 0 Å². The van der Waals surface area contributed by atoms with E-state index in [0.717, 1.165) is 12.8 Å². The lowest BCUT2D eigenvalue weighted by Crippen LogP contribution is -2.50. The van der Waals surface area contributed by atoms with Crippen LogP contribution in [0, 0.1) is 5.41 Å². The molecule has 0 atom stereocenters. The predicted octanol–water partition coefficient (Wildman–Crippen LogP) is 2.37. The molecule has 0 radical (unpaired) electrons. The minimum absolute atomic E-state index is 0.195. The molecule has 3 N–H and O–H groups in total. The first kappa shape index (κ1) is 14.7. The lowest BCUT2D eigenvalue weighted by Gasteiger charge is -2.45. The van der Waals surface area contributed by atoms with Gasteiger partial charge in [-0.25, -0.2) is 0 Å². The van der Waals surface area contributed by atoms with Gasteiger partial charge >= 0.3 is 13.6 Å². The number of hydrogen-bond donors (Lipinski definition) is 3. The molecule has 0 amide bonds. The molecular weight excluding hydrogens is 243 g/mol. The van der Waals surface area contributed by atoms with Crippen LogP contribution >= 0.6 is 7.60 Å². The van der Waals surface area contributed by atoms with Gasteiger partial charge in [0.15, 0.2) is 0 Å². The van der Waals surface area contributed by atoms with Gasteiger partial charge in [0, 0.05) is 0 Å². The van der Waals surface area contributed by atoms with Crippen LogP contribution in [0.25, 0.3) is 0 Å². The summed E-state index contributed by atoms with van der Waals surface area (Å²) in [6.45, 7) is 3.34. The molecule has 0 unspecified atom stereocenters. The zero-order chi connectivity index (χ0) is 13.3. The third-order valence-electron chi connectivity index (χ3n) is 4.48. The third-order valence-corrected chi connectivity index (χ3v) is 6.66. The van der Waals surface area contributed by atoms with Crippen LogP contribution in [0.5, 0.6) is 0 Å². The maximum absolute atomic E-state index is 11.8. The zero-order valence-electron chi connectivity index (χ0n) is 10.3. The summed E-state index contributed by atoms with van der Waals surface area (Å²) in [5, 5.41) is 8.07. The van der Waals surface area contributed by atoms with Crippen LogP contribution in [0.4, 0.5) is 0 Å². The highest BCUT2D eigenvalue weighted by molar-refractivity contribution is 7.53. The fourth-order valence-corrected chi connectivity index (χ4v) is 5.18. The van der Waals surface area contributed by atoms with Crippen LogP contribution in [-0.2, 0) is 9.36 Å². The van der Waals surface area contributed by atoms with Crippen LogP contribution in [0.15, 0.2) is 0 Å². The molecule has 6 heteroatoms. The van der Waals surface area contributed by atoms with Gasteiger partial charge in [0.1, 0.15) is 0 Å². The Morgan fingerprint density at radius 2 is 1.65 bits per heavy atom. The molecule has 0 bridgehead atoms. The van der Waals surface area contributed by atoms with Gasteiger partial charge in [-0.15, -0.1) is 0 Å². The van der Waals surface area contributed by atoms with E-state index in [-0.39, 0.29) is 12.8 Å². The average Bonchev–Trinajstić information content (AvgIpc) is 2.68. The van der Waals surface area contributed by atoms with Gasteiger partial charge < -0.3 is 14.9 Å². The summed E-state index contributed by atoms with van der Waals surface area (Å²) in [6, 6.07) is 0. The third kappa shape index (κ3) is 1.94. The minimum Gasteiger partial charge on any atom is -0.481 e. The summed E-state index contributed by atoms with van der Waals surface area (Å²) in [6.07, 6.45) is 2.59. The van der Waals surface area contributed by atoms with Gasteiger partial charge in [-0.1, -0.05) is 26.7 Å². The molecule has 0 aromatic carbocycles. The Kier molecular flexibility index (Phi) is 4.07. The van der Waals surface area contributed by atoms with Gasteiger partial charge in [-0.2, -0.15) is 0 Å². The molecule has 1 aliphatic carbocycles. The molecule has 0 aliphatic heterocycles. The molecule has 0 heterocycles. The fourth-order valence-electron chi connectivity index (χ4n) is 3.47. The van der Waals surface area contributed by atoms with Gasteiger partial charge in [0.2, 0.25) is 0 Å². The Bertz CT molecular complexity index is 336. The van der Waals surface area contributed by atoms with Crippen molar-refractivity contribution in [2.75, 3.05) is 0 Å². The summed E-state index contributed by atoms with van der Waals surface area (Å²) in [5.41, 5.74) is -1.25. The van der Waals surface area contributed by atoms with Gasteiger partial charge in [0.25, 0.3) is 0 Å². The maximum atomic E-state index is 11.8. The Balaban J connectivity index is 3.39. The molecule has 1 aliphatic rings. The first-order valence-electron chi connectivity index (χ1n) is 6.06. The van der Waals surface area contributed by atoms with Crippen molar-refractivity contribution < 1.29 is 24.3 Å². The normalized spacial score (nSPS) is 20.5. The summed E-state index contributed by atoms with van der Waals surface area (Å²) in [7, 11) is -4.46. The Morgan fingerprint density at radius 1 is 1.24 bits per heavy atom. The lowest BCUT2D eigenvalue weighted by molar-refractivity contribution is -0.152. The van der Waals surface area contributed by atoms with E-state index in [4.69, 9.17) is 0 Å². The van der Waals surface area contributed by atoms with Crippen LogP contribution < -0.4 is 0 Å². The monoisotopic (exact) mass is 264 g/mol.